The predicted molar refractivity (Wildman–Crippen MR) is 222 cm³/mol. The number of ether oxygens (including phenoxy) is 3. The van der Waals surface area contributed by atoms with Gasteiger partial charge in [-0.25, -0.2) is 9.59 Å². The van der Waals surface area contributed by atoms with E-state index >= 15 is 0 Å². The van der Waals surface area contributed by atoms with Crippen molar-refractivity contribution in [3.8, 4) is 5.75 Å². The Balaban J connectivity index is 2.18. The second-order valence-electron chi connectivity index (χ2n) is 18.0. The third-order valence-corrected chi connectivity index (χ3v) is 10.9. The van der Waals surface area contributed by atoms with Crippen molar-refractivity contribution in [2.24, 2.45) is 11.8 Å². The van der Waals surface area contributed by atoms with Crippen LogP contribution < -0.4 is 26.0 Å². The van der Waals surface area contributed by atoms with Crippen molar-refractivity contribution < 1.29 is 52.9 Å². The summed E-state index contributed by atoms with van der Waals surface area (Å²) in [5.41, 5.74) is -1.87. The first kappa shape index (κ1) is 49.4. The van der Waals surface area contributed by atoms with E-state index in [1.54, 1.807) is 52.0 Å². The summed E-state index contributed by atoms with van der Waals surface area (Å²) in [6.07, 6.45) is -2.89. The molecule has 0 aliphatic carbocycles. The molecule has 17 nitrogen and oxygen atoms in total. The smallest absolute Gasteiger partial charge is 0.408 e. The number of alkyl carbamates (subject to hydrolysis) is 1. The molecule has 2 fully saturated rings. The number of likely N-dealkylation sites (N-methyl/N-ethyl adjacent to an activating group) is 1. The number of carbonyl (C=O) groups excluding carboxylic acids is 7. The number of amides is 6. The van der Waals surface area contributed by atoms with E-state index in [1.165, 1.54) is 44.7 Å². The van der Waals surface area contributed by atoms with E-state index in [-0.39, 0.29) is 25.3 Å². The lowest BCUT2D eigenvalue weighted by molar-refractivity contribution is -0.161. The molecule has 1 aromatic rings. The topological polar surface area (TPSA) is 222 Å². The fraction of sp³-hybridized carbons (Fsp3) is 0.698. The third-order valence-electron chi connectivity index (χ3n) is 10.9. The van der Waals surface area contributed by atoms with Crippen molar-refractivity contribution in [2.75, 3.05) is 20.7 Å². The molecule has 0 bridgehead atoms. The van der Waals surface area contributed by atoms with E-state index in [9.17, 15) is 38.7 Å². The molecule has 336 valence electrons. The summed E-state index contributed by atoms with van der Waals surface area (Å²) < 4.78 is 16.7. The first-order valence-electron chi connectivity index (χ1n) is 20.9. The number of benzene rings is 1. The fourth-order valence-electron chi connectivity index (χ4n) is 7.33. The minimum absolute atomic E-state index is 0.0285. The SMILES string of the molecule is CCC(C)C1NC(=O)C(NC(=O)OC(C)(C)C)C(C)OC(=O)C(Cc2ccc(OC)cc2)N(C)C(=O)C2CCCN2C(=O)C(CC(C)C)NC(=O)C(C)(C)NC(=O)CC1O. The molecule has 1 aromatic carbocycles. The van der Waals surface area contributed by atoms with Gasteiger partial charge >= 0.3 is 12.1 Å². The van der Waals surface area contributed by atoms with Crippen molar-refractivity contribution >= 4 is 41.6 Å². The summed E-state index contributed by atoms with van der Waals surface area (Å²) in [7, 11) is 2.96. The molecule has 3 rings (SSSR count). The number of nitrogens with one attached hydrogen (secondary N) is 4. The Bertz CT molecular complexity index is 1690. The van der Waals surface area contributed by atoms with Crippen LogP contribution in [0.5, 0.6) is 5.75 Å². The zero-order valence-corrected chi connectivity index (χ0v) is 37.4. The number of carbonyl (C=O) groups is 7. The van der Waals surface area contributed by atoms with E-state index in [2.05, 4.69) is 21.3 Å². The molecule has 2 saturated heterocycles. The van der Waals surface area contributed by atoms with E-state index in [1.807, 2.05) is 20.8 Å². The van der Waals surface area contributed by atoms with Crippen LogP contribution in [0, 0.1) is 11.8 Å². The monoisotopic (exact) mass is 844 g/mol. The molecule has 0 saturated carbocycles. The molecule has 6 amide bonds. The Morgan fingerprint density at radius 1 is 1.03 bits per heavy atom. The van der Waals surface area contributed by atoms with E-state index in [0.29, 0.717) is 30.6 Å². The van der Waals surface area contributed by atoms with Gasteiger partial charge < -0.3 is 50.4 Å². The number of nitrogens with zero attached hydrogens (tertiary/aromatic N) is 2. The van der Waals surface area contributed by atoms with Crippen LogP contribution in [0.25, 0.3) is 0 Å². The normalized spacial score (nSPS) is 27.1. The van der Waals surface area contributed by atoms with Gasteiger partial charge in [-0.3, -0.25) is 24.0 Å². The molecule has 5 N–H and O–H groups in total. The van der Waals surface area contributed by atoms with Gasteiger partial charge in [0.15, 0.2) is 0 Å². The summed E-state index contributed by atoms with van der Waals surface area (Å²) in [5, 5.41) is 22.2. The minimum atomic E-state index is -1.57. The fourth-order valence-corrected chi connectivity index (χ4v) is 7.33. The molecular formula is C43H68N6O11. The average Bonchev–Trinajstić information content (AvgIpc) is 3.65. The Hall–Kier alpha value is -4.93. The first-order chi connectivity index (χ1) is 27.9. The molecular weight excluding hydrogens is 777 g/mol. The van der Waals surface area contributed by atoms with Crippen LogP contribution in [0.3, 0.4) is 0 Å². The number of hydrogen-bond donors (Lipinski definition) is 5. The van der Waals surface area contributed by atoms with Crippen molar-refractivity contribution in [3.63, 3.8) is 0 Å². The zero-order valence-electron chi connectivity index (χ0n) is 37.4. The number of aliphatic hydroxyl groups is 1. The number of aliphatic hydroxyl groups excluding tert-OH is 1. The summed E-state index contributed by atoms with van der Waals surface area (Å²) in [5.74, 6) is -4.01. The maximum absolute atomic E-state index is 14.5. The maximum atomic E-state index is 14.5. The summed E-state index contributed by atoms with van der Waals surface area (Å²) in [6, 6.07) is 0.964. The van der Waals surface area contributed by atoms with Crippen molar-refractivity contribution in [1.29, 1.82) is 0 Å². The molecule has 0 spiro atoms. The minimum Gasteiger partial charge on any atom is -0.497 e. The number of fused-ring (bicyclic) bond motifs is 1. The molecule has 8 atom stereocenters. The molecule has 0 radical (unpaired) electrons. The third kappa shape index (κ3) is 13.5. The van der Waals surface area contributed by atoms with Gasteiger partial charge in [-0.15, -0.1) is 0 Å². The highest BCUT2D eigenvalue weighted by Crippen LogP contribution is 2.25. The van der Waals surface area contributed by atoms with Gasteiger partial charge in [0, 0.05) is 20.0 Å². The van der Waals surface area contributed by atoms with Crippen LogP contribution >= 0.6 is 0 Å². The van der Waals surface area contributed by atoms with Gasteiger partial charge in [-0.2, -0.15) is 0 Å². The van der Waals surface area contributed by atoms with E-state index < -0.39 is 107 Å². The highest BCUT2D eigenvalue weighted by Gasteiger charge is 2.44. The number of rotatable bonds is 8. The number of methoxy groups -OCH3 is 1. The lowest BCUT2D eigenvalue weighted by Gasteiger charge is -2.35. The first-order valence-corrected chi connectivity index (χ1v) is 20.9. The Morgan fingerprint density at radius 3 is 2.23 bits per heavy atom. The van der Waals surface area contributed by atoms with E-state index in [4.69, 9.17) is 14.2 Å². The van der Waals surface area contributed by atoms with Gasteiger partial charge in [0.05, 0.1) is 25.7 Å². The van der Waals surface area contributed by atoms with Crippen molar-refractivity contribution in [2.45, 2.75) is 161 Å². The number of cyclic esters (lactones) is 1. The molecule has 17 heteroatoms. The molecule has 0 aromatic heterocycles. The molecule has 2 aliphatic rings. The standard InChI is InChI=1S/C43H68N6O11/c1-13-25(4)34-32(50)23-33(51)47-43(9,10)40(56)44-29(21-24(2)3)37(53)49-20-14-15-30(49)38(54)48(11)31(22-27-16-18-28(58-12)19-17-27)39(55)59-26(5)35(36(52)45-34)46-41(57)60-42(6,7)8/h16-19,24-26,29-32,34-35,50H,13-15,20-23H2,1-12H3,(H,44,56)(H,45,52)(H,46,57)(H,47,51). The van der Waals surface area contributed by atoms with Crippen LogP contribution in [-0.2, 0) is 44.7 Å². The quantitative estimate of drug-likeness (QED) is 0.240. The van der Waals surface area contributed by atoms with Gasteiger partial charge in [-0.05, 0) is 90.3 Å². The Kier molecular flexibility index (Phi) is 17.3. The van der Waals surface area contributed by atoms with Gasteiger partial charge in [0.25, 0.3) is 0 Å². The van der Waals surface area contributed by atoms with Crippen LogP contribution in [0.4, 0.5) is 4.79 Å². The van der Waals surface area contributed by atoms with E-state index in [0.717, 1.165) is 0 Å². The lowest BCUT2D eigenvalue weighted by Crippen LogP contribution is -2.61. The predicted octanol–water partition coefficient (Wildman–Crippen LogP) is 2.60. The highest BCUT2D eigenvalue weighted by atomic mass is 16.6. The zero-order chi connectivity index (χ0) is 45.3. The van der Waals surface area contributed by atoms with Gasteiger partial charge in [0.2, 0.25) is 29.5 Å². The second kappa shape index (κ2) is 21.0. The average molecular weight is 845 g/mol. The van der Waals surface area contributed by atoms with Crippen LogP contribution in [0.2, 0.25) is 0 Å². The summed E-state index contributed by atoms with van der Waals surface area (Å²) in [4.78, 5) is 101. The van der Waals surface area contributed by atoms with Crippen LogP contribution in [0.1, 0.15) is 107 Å². The number of hydrogen-bond acceptors (Lipinski definition) is 11. The summed E-state index contributed by atoms with van der Waals surface area (Å²) >= 11 is 0. The van der Waals surface area contributed by atoms with Crippen LogP contribution in [0.15, 0.2) is 24.3 Å². The van der Waals surface area contributed by atoms with Gasteiger partial charge in [0.1, 0.15) is 47.2 Å². The summed E-state index contributed by atoms with van der Waals surface area (Å²) in [6.45, 7) is 16.9. The van der Waals surface area contributed by atoms with Crippen molar-refractivity contribution in [3.05, 3.63) is 29.8 Å². The Labute approximate surface area is 354 Å². The molecule has 2 heterocycles. The maximum Gasteiger partial charge on any atom is 0.408 e. The van der Waals surface area contributed by atoms with Crippen molar-refractivity contribution in [1.82, 2.24) is 31.1 Å². The number of esters is 1. The molecule has 60 heavy (non-hydrogen) atoms. The van der Waals surface area contributed by atoms with Gasteiger partial charge in [-0.1, -0.05) is 46.2 Å². The second-order valence-corrected chi connectivity index (χ2v) is 18.0. The molecule has 8 unspecified atom stereocenters. The lowest BCUT2D eigenvalue weighted by atomic mass is 9.91. The van der Waals surface area contributed by atoms with Crippen LogP contribution in [-0.4, -0.2) is 131 Å². The molecule has 2 aliphatic heterocycles. The largest absolute Gasteiger partial charge is 0.497 e. The Morgan fingerprint density at radius 2 is 1.67 bits per heavy atom. The highest BCUT2D eigenvalue weighted by molar-refractivity contribution is 5.97.